The standard InChI is InChI=1S/C26H23N5O/c1-15-11-12-23-21(13-15)16(2)27-25(29-23)31-26-28-17(3)22(24(32)30-26)14-19-9-6-8-18-7-4-5-10-20(18)19/h4-13H,14H2,1-3H3,(H2,27,28,29,30,31,32). The lowest BCUT2D eigenvalue weighted by molar-refractivity contribution is 0.981. The van der Waals surface area contributed by atoms with Crippen LogP contribution in [-0.2, 0) is 6.42 Å². The van der Waals surface area contributed by atoms with E-state index in [2.05, 4.69) is 55.6 Å². The van der Waals surface area contributed by atoms with Gasteiger partial charge in [-0.05, 0) is 49.2 Å². The number of hydrogen-bond donors (Lipinski definition) is 2. The molecule has 0 radical (unpaired) electrons. The first kappa shape index (κ1) is 19.9. The Morgan fingerprint density at radius 2 is 1.66 bits per heavy atom. The molecule has 0 atom stereocenters. The highest BCUT2D eigenvalue weighted by Gasteiger charge is 2.12. The van der Waals surface area contributed by atoms with Crippen LogP contribution in [-0.4, -0.2) is 19.9 Å². The second-order valence-electron chi connectivity index (χ2n) is 8.07. The van der Waals surface area contributed by atoms with Gasteiger partial charge >= 0.3 is 0 Å². The van der Waals surface area contributed by atoms with Gasteiger partial charge in [0.1, 0.15) is 0 Å². The summed E-state index contributed by atoms with van der Waals surface area (Å²) >= 11 is 0. The second-order valence-corrected chi connectivity index (χ2v) is 8.07. The van der Waals surface area contributed by atoms with Gasteiger partial charge < -0.3 is 0 Å². The fraction of sp³-hybridized carbons (Fsp3) is 0.154. The molecule has 0 aliphatic carbocycles. The number of anilines is 2. The quantitative estimate of drug-likeness (QED) is 0.420. The van der Waals surface area contributed by atoms with E-state index in [0.717, 1.165) is 38.5 Å². The lowest BCUT2D eigenvalue weighted by atomic mass is 9.98. The van der Waals surface area contributed by atoms with E-state index in [-0.39, 0.29) is 5.56 Å². The van der Waals surface area contributed by atoms with Crippen LogP contribution in [0.15, 0.2) is 65.5 Å². The smallest absolute Gasteiger partial charge is 0.256 e. The van der Waals surface area contributed by atoms with Crippen molar-refractivity contribution in [3.05, 3.63) is 99.1 Å². The fourth-order valence-electron chi connectivity index (χ4n) is 4.07. The van der Waals surface area contributed by atoms with E-state index in [1.807, 2.05) is 51.1 Å². The molecule has 0 aliphatic heterocycles. The van der Waals surface area contributed by atoms with Gasteiger partial charge in [-0.3, -0.25) is 15.1 Å². The van der Waals surface area contributed by atoms with Gasteiger partial charge in [-0.15, -0.1) is 0 Å². The summed E-state index contributed by atoms with van der Waals surface area (Å²) in [6.45, 7) is 5.85. The summed E-state index contributed by atoms with van der Waals surface area (Å²) < 4.78 is 0. The minimum Gasteiger partial charge on any atom is -0.294 e. The lowest BCUT2D eigenvalue weighted by Gasteiger charge is -2.11. The number of nitrogens with zero attached hydrogens (tertiary/aromatic N) is 3. The van der Waals surface area contributed by atoms with E-state index < -0.39 is 0 Å². The molecule has 2 N–H and O–H groups in total. The number of H-pyrrole nitrogens is 1. The summed E-state index contributed by atoms with van der Waals surface area (Å²) in [5, 5.41) is 6.38. The zero-order chi connectivity index (χ0) is 22.2. The summed E-state index contributed by atoms with van der Waals surface area (Å²) in [4.78, 5) is 29.5. The van der Waals surface area contributed by atoms with Crippen molar-refractivity contribution in [1.82, 2.24) is 19.9 Å². The molecule has 0 spiro atoms. The number of benzene rings is 3. The third kappa shape index (κ3) is 3.71. The first-order valence-electron chi connectivity index (χ1n) is 10.6. The second kappa shape index (κ2) is 7.89. The third-order valence-corrected chi connectivity index (χ3v) is 5.74. The molecule has 2 heterocycles. The molecule has 0 amide bonds. The zero-order valence-corrected chi connectivity index (χ0v) is 18.2. The maximum Gasteiger partial charge on any atom is 0.256 e. The summed E-state index contributed by atoms with van der Waals surface area (Å²) in [6.07, 6.45) is 0.515. The van der Waals surface area contributed by atoms with Crippen molar-refractivity contribution in [2.45, 2.75) is 27.2 Å². The molecule has 2 aromatic heterocycles. The monoisotopic (exact) mass is 421 g/mol. The highest BCUT2D eigenvalue weighted by molar-refractivity contribution is 5.86. The van der Waals surface area contributed by atoms with Crippen LogP contribution in [0.2, 0.25) is 0 Å². The van der Waals surface area contributed by atoms with Crippen molar-refractivity contribution in [1.29, 1.82) is 0 Å². The third-order valence-electron chi connectivity index (χ3n) is 5.74. The summed E-state index contributed by atoms with van der Waals surface area (Å²) in [7, 11) is 0. The Hall–Kier alpha value is -4.06. The average Bonchev–Trinajstić information content (AvgIpc) is 2.77. The summed E-state index contributed by atoms with van der Waals surface area (Å²) in [5.41, 5.74) is 5.14. The van der Waals surface area contributed by atoms with Gasteiger partial charge in [-0.1, -0.05) is 54.1 Å². The van der Waals surface area contributed by atoms with Crippen LogP contribution in [0.3, 0.4) is 0 Å². The summed E-state index contributed by atoms with van der Waals surface area (Å²) in [5.74, 6) is 0.739. The SMILES string of the molecule is Cc1ccc2nc(Nc3nc(C)c(Cc4cccc5ccccc45)c(=O)[nH]3)nc(C)c2c1. The molecule has 0 unspecified atom stereocenters. The molecule has 6 nitrogen and oxygen atoms in total. The van der Waals surface area contributed by atoms with Crippen molar-refractivity contribution >= 4 is 33.6 Å². The number of aromatic nitrogens is 4. The molecule has 0 saturated carbocycles. The Morgan fingerprint density at radius 1 is 0.844 bits per heavy atom. The van der Waals surface area contributed by atoms with E-state index in [1.165, 1.54) is 0 Å². The average molecular weight is 422 g/mol. The van der Waals surface area contributed by atoms with Crippen molar-refractivity contribution in [3.63, 3.8) is 0 Å². The maximum absolute atomic E-state index is 12.9. The predicted octanol–water partition coefficient (Wildman–Crippen LogP) is 5.13. The molecule has 0 aliphatic rings. The Balaban J connectivity index is 1.47. The van der Waals surface area contributed by atoms with Crippen LogP contribution in [0, 0.1) is 20.8 Å². The van der Waals surface area contributed by atoms with Crippen LogP contribution in [0.25, 0.3) is 21.7 Å². The lowest BCUT2D eigenvalue weighted by Crippen LogP contribution is -2.19. The van der Waals surface area contributed by atoms with E-state index in [9.17, 15) is 4.79 Å². The Morgan fingerprint density at radius 3 is 2.50 bits per heavy atom. The molecule has 6 heteroatoms. The van der Waals surface area contributed by atoms with Crippen LogP contribution < -0.4 is 10.9 Å². The van der Waals surface area contributed by atoms with Gasteiger partial charge in [0.05, 0.1) is 16.9 Å². The Bertz CT molecular complexity index is 1530. The topological polar surface area (TPSA) is 83.6 Å². The molecule has 32 heavy (non-hydrogen) atoms. The fourth-order valence-corrected chi connectivity index (χ4v) is 4.07. The highest BCUT2D eigenvalue weighted by atomic mass is 16.1. The Labute approximate surface area is 185 Å². The Kier molecular flexibility index (Phi) is 4.90. The van der Waals surface area contributed by atoms with E-state index >= 15 is 0 Å². The van der Waals surface area contributed by atoms with Gasteiger partial charge in [-0.25, -0.2) is 15.0 Å². The molecule has 158 valence electrons. The summed E-state index contributed by atoms with van der Waals surface area (Å²) in [6, 6.07) is 20.4. The van der Waals surface area contributed by atoms with Crippen LogP contribution in [0.5, 0.6) is 0 Å². The molecule has 5 aromatic rings. The maximum atomic E-state index is 12.9. The molecule has 0 fully saturated rings. The van der Waals surface area contributed by atoms with E-state index in [1.54, 1.807) is 0 Å². The van der Waals surface area contributed by atoms with Gasteiger partial charge in [0.25, 0.3) is 5.56 Å². The van der Waals surface area contributed by atoms with Crippen molar-refractivity contribution in [3.8, 4) is 0 Å². The van der Waals surface area contributed by atoms with Crippen molar-refractivity contribution < 1.29 is 0 Å². The number of rotatable bonds is 4. The minimum atomic E-state index is -0.166. The number of hydrogen-bond acceptors (Lipinski definition) is 5. The van der Waals surface area contributed by atoms with Crippen LogP contribution in [0.1, 0.15) is 28.1 Å². The number of nitrogens with one attached hydrogen (secondary N) is 2. The van der Waals surface area contributed by atoms with Crippen molar-refractivity contribution in [2.75, 3.05) is 5.32 Å². The molecule has 0 bridgehead atoms. The molecule has 3 aromatic carbocycles. The first-order chi connectivity index (χ1) is 15.5. The first-order valence-corrected chi connectivity index (χ1v) is 10.6. The van der Waals surface area contributed by atoms with Crippen molar-refractivity contribution in [2.24, 2.45) is 0 Å². The molecule has 0 saturated heterocycles. The van der Waals surface area contributed by atoms with Gasteiger partial charge in [0.15, 0.2) is 0 Å². The largest absolute Gasteiger partial charge is 0.294 e. The number of aryl methyl sites for hydroxylation is 3. The number of fused-ring (bicyclic) bond motifs is 2. The normalized spacial score (nSPS) is 11.2. The van der Waals surface area contributed by atoms with Crippen LogP contribution >= 0.6 is 0 Å². The molecular weight excluding hydrogens is 398 g/mol. The molecule has 5 rings (SSSR count). The molecular formula is C26H23N5O. The van der Waals surface area contributed by atoms with Gasteiger partial charge in [0.2, 0.25) is 11.9 Å². The zero-order valence-electron chi connectivity index (χ0n) is 18.2. The predicted molar refractivity (Wildman–Crippen MR) is 129 cm³/mol. The number of aromatic amines is 1. The highest BCUT2D eigenvalue weighted by Crippen LogP contribution is 2.22. The van der Waals surface area contributed by atoms with Gasteiger partial charge in [0, 0.05) is 17.4 Å². The minimum absolute atomic E-state index is 0.166. The van der Waals surface area contributed by atoms with E-state index in [4.69, 9.17) is 0 Å². The van der Waals surface area contributed by atoms with Gasteiger partial charge in [-0.2, -0.15) is 0 Å². The van der Waals surface area contributed by atoms with Crippen LogP contribution in [0.4, 0.5) is 11.9 Å². The van der Waals surface area contributed by atoms with E-state index in [0.29, 0.717) is 29.6 Å².